The summed E-state index contributed by atoms with van der Waals surface area (Å²) >= 11 is 0. The van der Waals surface area contributed by atoms with Crippen LogP contribution < -0.4 is 0 Å². The van der Waals surface area contributed by atoms with E-state index in [4.69, 9.17) is 0 Å². The van der Waals surface area contributed by atoms with Crippen molar-refractivity contribution in [3.63, 3.8) is 0 Å². The quantitative estimate of drug-likeness (QED) is 0.791. The average Bonchev–Trinajstić information content (AvgIpc) is 2.58. The van der Waals surface area contributed by atoms with Crippen molar-refractivity contribution in [1.29, 1.82) is 0 Å². The first-order valence-corrected chi connectivity index (χ1v) is 5.69. The van der Waals surface area contributed by atoms with Crippen LogP contribution >= 0.6 is 0 Å². The lowest BCUT2D eigenvalue weighted by Gasteiger charge is -2.35. The molecule has 0 amide bonds. The summed E-state index contributed by atoms with van der Waals surface area (Å²) in [4.78, 5) is 2.24. The Morgan fingerprint density at radius 3 is 2.73 bits per heavy atom. The Hall–Kier alpha value is -0.870. The molecule has 1 aromatic heterocycles. The summed E-state index contributed by atoms with van der Waals surface area (Å²) in [5.74, 6) is 0. The van der Waals surface area contributed by atoms with Crippen molar-refractivity contribution in [3.05, 3.63) is 17.5 Å². The molecule has 1 aliphatic rings. The van der Waals surface area contributed by atoms with Crippen molar-refractivity contribution in [2.75, 3.05) is 13.1 Å². The number of rotatable bonds is 4. The molecule has 84 valence electrons. The number of hydrogen-bond acceptors (Lipinski definition) is 3. The van der Waals surface area contributed by atoms with Crippen molar-refractivity contribution in [1.82, 2.24) is 14.7 Å². The highest BCUT2D eigenvalue weighted by Crippen LogP contribution is 2.14. The Morgan fingerprint density at radius 1 is 1.47 bits per heavy atom. The van der Waals surface area contributed by atoms with Crippen LogP contribution in [0.15, 0.2) is 6.07 Å². The maximum absolute atomic E-state index is 9.21. The Morgan fingerprint density at radius 2 is 2.20 bits per heavy atom. The van der Waals surface area contributed by atoms with Crippen LogP contribution in [-0.4, -0.2) is 39.0 Å². The van der Waals surface area contributed by atoms with E-state index in [-0.39, 0.29) is 6.10 Å². The third-order valence-electron chi connectivity index (χ3n) is 2.90. The van der Waals surface area contributed by atoms with Crippen molar-refractivity contribution in [2.45, 2.75) is 39.5 Å². The predicted octanol–water partition coefficient (Wildman–Crippen LogP) is 0.642. The fourth-order valence-electron chi connectivity index (χ4n) is 1.99. The number of nitrogens with zero attached hydrogens (tertiary/aromatic N) is 3. The minimum atomic E-state index is -0.117. The highest BCUT2D eigenvalue weighted by molar-refractivity contribution is 5.11. The average molecular weight is 209 g/mol. The van der Waals surface area contributed by atoms with Gasteiger partial charge in [-0.2, -0.15) is 5.10 Å². The molecule has 1 aliphatic heterocycles. The smallest absolute Gasteiger partial charge is 0.0794 e. The fourth-order valence-corrected chi connectivity index (χ4v) is 1.99. The molecule has 0 aliphatic carbocycles. The van der Waals surface area contributed by atoms with Crippen LogP contribution in [0.5, 0.6) is 0 Å². The molecule has 2 heterocycles. The maximum Gasteiger partial charge on any atom is 0.0794 e. The number of aromatic nitrogens is 2. The molecule has 0 atom stereocenters. The minimum absolute atomic E-state index is 0.117. The second-order valence-corrected chi connectivity index (χ2v) is 4.14. The molecule has 4 nitrogen and oxygen atoms in total. The lowest BCUT2D eigenvalue weighted by Crippen LogP contribution is -2.50. The molecule has 1 fully saturated rings. The van der Waals surface area contributed by atoms with E-state index < -0.39 is 0 Å². The maximum atomic E-state index is 9.21. The van der Waals surface area contributed by atoms with Gasteiger partial charge in [0.1, 0.15) is 0 Å². The highest BCUT2D eigenvalue weighted by Gasteiger charge is 2.25. The molecule has 4 heteroatoms. The number of aryl methyl sites for hydroxylation is 2. The van der Waals surface area contributed by atoms with Crippen LogP contribution in [-0.2, 0) is 19.5 Å². The summed E-state index contributed by atoms with van der Waals surface area (Å²) in [6, 6.07) is 2.17. The summed E-state index contributed by atoms with van der Waals surface area (Å²) in [5.41, 5.74) is 2.43. The van der Waals surface area contributed by atoms with Crippen molar-refractivity contribution in [3.8, 4) is 0 Å². The number of hydrogen-bond donors (Lipinski definition) is 1. The van der Waals surface area contributed by atoms with Crippen molar-refractivity contribution < 1.29 is 5.11 Å². The Kier molecular flexibility index (Phi) is 3.07. The zero-order valence-corrected chi connectivity index (χ0v) is 9.48. The third kappa shape index (κ3) is 2.21. The van der Waals surface area contributed by atoms with Gasteiger partial charge in [0, 0.05) is 26.2 Å². The van der Waals surface area contributed by atoms with E-state index in [9.17, 15) is 5.11 Å². The molecule has 0 bridgehead atoms. The fraction of sp³-hybridized carbons (Fsp3) is 0.727. The van der Waals surface area contributed by atoms with Crippen LogP contribution in [0, 0.1) is 0 Å². The monoisotopic (exact) mass is 209 g/mol. The molecule has 0 spiro atoms. The second kappa shape index (κ2) is 4.33. The van der Waals surface area contributed by atoms with Crippen molar-refractivity contribution in [2.24, 2.45) is 0 Å². The highest BCUT2D eigenvalue weighted by atomic mass is 16.3. The molecule has 0 aromatic carbocycles. The molecule has 0 saturated carbocycles. The topological polar surface area (TPSA) is 41.3 Å². The van der Waals surface area contributed by atoms with E-state index in [0.29, 0.717) is 0 Å². The van der Waals surface area contributed by atoms with Gasteiger partial charge in [-0.15, -0.1) is 0 Å². The Labute approximate surface area is 90.5 Å². The van der Waals surface area contributed by atoms with Gasteiger partial charge >= 0.3 is 0 Å². The normalized spacial score (nSPS) is 18.1. The van der Waals surface area contributed by atoms with Crippen molar-refractivity contribution >= 4 is 0 Å². The summed E-state index contributed by atoms with van der Waals surface area (Å²) in [6.07, 6.45) is 0.872. The molecular formula is C11H19N3O. The van der Waals surface area contributed by atoms with Crippen LogP contribution in [0.25, 0.3) is 0 Å². The van der Waals surface area contributed by atoms with Gasteiger partial charge < -0.3 is 5.11 Å². The van der Waals surface area contributed by atoms with E-state index in [1.54, 1.807) is 0 Å². The van der Waals surface area contributed by atoms with Gasteiger partial charge in [-0.05, 0) is 19.4 Å². The first kappa shape index (κ1) is 10.6. The first-order chi connectivity index (χ1) is 7.22. The third-order valence-corrected chi connectivity index (χ3v) is 2.90. The molecule has 1 N–H and O–H groups in total. The van der Waals surface area contributed by atoms with E-state index >= 15 is 0 Å². The van der Waals surface area contributed by atoms with Crippen LogP contribution in [0.1, 0.15) is 25.2 Å². The van der Waals surface area contributed by atoms with Crippen LogP contribution in [0.3, 0.4) is 0 Å². The van der Waals surface area contributed by atoms with Gasteiger partial charge in [0.15, 0.2) is 0 Å². The van der Waals surface area contributed by atoms with E-state index in [2.05, 4.69) is 34.6 Å². The molecule has 1 aromatic rings. The lowest BCUT2D eigenvalue weighted by atomic mass is 10.1. The molecule has 1 saturated heterocycles. The molecule has 0 unspecified atom stereocenters. The number of aliphatic hydroxyl groups is 1. The van der Waals surface area contributed by atoms with Gasteiger partial charge in [-0.3, -0.25) is 9.58 Å². The molecule has 15 heavy (non-hydrogen) atoms. The zero-order valence-electron chi connectivity index (χ0n) is 9.48. The predicted molar refractivity (Wildman–Crippen MR) is 58.6 cm³/mol. The van der Waals surface area contributed by atoms with Gasteiger partial charge in [0.2, 0.25) is 0 Å². The van der Waals surface area contributed by atoms with Crippen LogP contribution in [0.4, 0.5) is 0 Å². The minimum Gasteiger partial charge on any atom is -0.390 e. The molecular weight excluding hydrogens is 190 g/mol. The van der Waals surface area contributed by atoms with E-state index in [0.717, 1.165) is 38.3 Å². The largest absolute Gasteiger partial charge is 0.390 e. The SMILES string of the molecule is CCc1cc(CN2CC(O)C2)n(CC)n1. The van der Waals surface area contributed by atoms with Crippen LogP contribution in [0.2, 0.25) is 0 Å². The number of β-amino-alcohol motifs (C(OH)–C–C–N with tert-alkyl or cyclic N) is 1. The van der Waals surface area contributed by atoms with Gasteiger partial charge in [0.25, 0.3) is 0 Å². The summed E-state index contributed by atoms with van der Waals surface area (Å²) in [7, 11) is 0. The van der Waals surface area contributed by atoms with Gasteiger partial charge in [-0.25, -0.2) is 0 Å². The summed E-state index contributed by atoms with van der Waals surface area (Å²) in [5, 5.41) is 13.7. The molecule has 0 radical (unpaired) electrons. The second-order valence-electron chi connectivity index (χ2n) is 4.14. The lowest BCUT2D eigenvalue weighted by molar-refractivity contribution is -0.00425. The Bertz CT molecular complexity index is 329. The van der Waals surface area contributed by atoms with Gasteiger partial charge in [0.05, 0.1) is 17.5 Å². The zero-order chi connectivity index (χ0) is 10.8. The standard InChI is InChI=1S/C11H19N3O/c1-3-9-5-10(14(4-2)12-9)6-13-7-11(15)8-13/h5,11,15H,3-4,6-8H2,1-2H3. The summed E-state index contributed by atoms with van der Waals surface area (Å²) in [6.45, 7) is 7.68. The van der Waals surface area contributed by atoms with Gasteiger partial charge in [-0.1, -0.05) is 6.92 Å². The first-order valence-electron chi connectivity index (χ1n) is 5.69. The van der Waals surface area contributed by atoms with E-state index in [1.807, 2.05) is 0 Å². The number of aliphatic hydroxyl groups excluding tert-OH is 1. The van der Waals surface area contributed by atoms with E-state index in [1.165, 1.54) is 5.69 Å². The Balaban J connectivity index is 2.02. The summed E-state index contributed by atoms with van der Waals surface area (Å²) < 4.78 is 2.06. The molecule has 2 rings (SSSR count). The number of likely N-dealkylation sites (tertiary alicyclic amines) is 1.